The highest BCUT2D eigenvalue weighted by Crippen LogP contribution is 2.36. The number of nitrogens with zero attached hydrogens (tertiary/aromatic N) is 3. The molecule has 2 fully saturated rings. The second kappa shape index (κ2) is 7.80. The minimum absolute atomic E-state index is 0.176. The van der Waals surface area contributed by atoms with Crippen molar-refractivity contribution < 1.29 is 19.2 Å². The molecule has 26 heavy (non-hydrogen) atoms. The number of aliphatic hydroxyl groups is 1. The van der Waals surface area contributed by atoms with E-state index in [9.17, 15) is 5.11 Å². The molecule has 0 radical (unpaired) electrons. The van der Waals surface area contributed by atoms with Gasteiger partial charge in [0.1, 0.15) is 6.61 Å². The molecule has 144 valence electrons. The van der Waals surface area contributed by atoms with Crippen molar-refractivity contribution in [3.05, 3.63) is 12.4 Å². The monoisotopic (exact) mass is 363 g/mol. The van der Waals surface area contributed by atoms with E-state index in [1.54, 1.807) is 12.4 Å². The maximum atomic E-state index is 9.20. The quantitative estimate of drug-likeness (QED) is 0.756. The number of aromatic nitrogens is 2. The molecule has 1 atom stereocenters. The Bertz CT molecular complexity index is 579. The van der Waals surface area contributed by atoms with Gasteiger partial charge < -0.3 is 19.2 Å². The Morgan fingerprint density at radius 3 is 2.46 bits per heavy atom. The molecular formula is C18H30BN3O4. The Kier molecular flexibility index (Phi) is 5.86. The number of rotatable bonds is 6. The second-order valence-electron chi connectivity index (χ2n) is 8.11. The van der Waals surface area contributed by atoms with E-state index in [4.69, 9.17) is 14.0 Å². The number of ether oxygens (including phenoxy) is 1. The maximum absolute atomic E-state index is 9.20. The molecule has 0 aliphatic carbocycles. The number of hydrogen-bond donors (Lipinski definition) is 1. The fourth-order valence-electron chi connectivity index (χ4n) is 3.34. The van der Waals surface area contributed by atoms with Crippen molar-refractivity contribution in [3.8, 4) is 6.01 Å². The highest BCUT2D eigenvalue weighted by Gasteiger charge is 2.51. The van der Waals surface area contributed by atoms with E-state index in [-0.39, 0.29) is 17.8 Å². The van der Waals surface area contributed by atoms with Crippen LogP contribution < -0.4 is 10.2 Å². The molecule has 3 heterocycles. The lowest BCUT2D eigenvalue weighted by atomic mass is 9.81. The molecule has 1 aromatic heterocycles. The predicted molar refractivity (Wildman–Crippen MR) is 99.5 cm³/mol. The summed E-state index contributed by atoms with van der Waals surface area (Å²) in [4.78, 5) is 10.9. The highest BCUT2D eigenvalue weighted by molar-refractivity contribution is 6.61. The van der Waals surface area contributed by atoms with Gasteiger partial charge in [0.25, 0.3) is 0 Å². The molecule has 2 saturated heterocycles. The Morgan fingerprint density at radius 2 is 1.85 bits per heavy atom. The average Bonchev–Trinajstić information content (AvgIpc) is 2.82. The molecule has 1 N–H and O–H groups in total. The summed E-state index contributed by atoms with van der Waals surface area (Å²) < 4.78 is 17.8. The minimum atomic E-state index is -0.465. The van der Waals surface area contributed by atoms with Crippen LogP contribution in [0.3, 0.4) is 0 Å². The van der Waals surface area contributed by atoms with Gasteiger partial charge in [0, 0.05) is 30.4 Å². The zero-order chi connectivity index (χ0) is 18.8. The average molecular weight is 363 g/mol. The van der Waals surface area contributed by atoms with Crippen molar-refractivity contribution >= 4 is 12.6 Å². The SMILES string of the molecule is CC1(C)OB(c2cnc(OCC3CCCCN3CCO)nc2)OC1(C)C. The van der Waals surface area contributed by atoms with Crippen LogP contribution in [0.4, 0.5) is 0 Å². The van der Waals surface area contributed by atoms with Crippen molar-refractivity contribution in [1.82, 2.24) is 14.9 Å². The van der Waals surface area contributed by atoms with E-state index in [2.05, 4.69) is 14.9 Å². The molecule has 0 bridgehead atoms. The molecule has 8 heteroatoms. The largest absolute Gasteiger partial charge is 0.498 e. The van der Waals surface area contributed by atoms with Crippen LogP contribution in [-0.2, 0) is 9.31 Å². The number of aliphatic hydroxyl groups excluding tert-OH is 1. The Hall–Kier alpha value is -1.22. The van der Waals surface area contributed by atoms with Crippen LogP contribution in [0.1, 0.15) is 47.0 Å². The summed E-state index contributed by atoms with van der Waals surface area (Å²) in [6.45, 7) is 10.5. The molecular weight excluding hydrogens is 333 g/mol. The summed E-state index contributed by atoms with van der Waals surface area (Å²) in [6.07, 6.45) is 6.85. The first-order chi connectivity index (χ1) is 12.3. The molecule has 0 aromatic carbocycles. The van der Waals surface area contributed by atoms with Gasteiger partial charge in [0.15, 0.2) is 0 Å². The fraction of sp³-hybridized carbons (Fsp3) is 0.778. The Morgan fingerprint density at radius 1 is 1.19 bits per heavy atom. The lowest BCUT2D eigenvalue weighted by molar-refractivity contribution is 0.00578. The Labute approximate surface area is 156 Å². The summed E-state index contributed by atoms with van der Waals surface area (Å²) in [5, 5.41) is 9.20. The lowest BCUT2D eigenvalue weighted by Crippen LogP contribution is -2.44. The van der Waals surface area contributed by atoms with E-state index in [0.717, 1.165) is 18.4 Å². The molecule has 2 aliphatic rings. The zero-order valence-electron chi connectivity index (χ0n) is 16.3. The van der Waals surface area contributed by atoms with Crippen molar-refractivity contribution in [2.75, 3.05) is 26.3 Å². The van der Waals surface area contributed by atoms with E-state index in [0.29, 0.717) is 25.2 Å². The minimum Gasteiger partial charge on any atom is -0.462 e. The molecule has 0 spiro atoms. The van der Waals surface area contributed by atoms with Gasteiger partial charge in [-0.25, -0.2) is 9.97 Å². The standard InChI is InChI=1S/C18H30BN3O4/c1-17(2)18(3,4)26-19(25-17)14-11-20-16(21-12-14)24-13-15-7-5-6-8-22(15)9-10-23/h11-12,15,23H,5-10,13H2,1-4H3. The van der Waals surface area contributed by atoms with E-state index < -0.39 is 7.12 Å². The van der Waals surface area contributed by atoms with E-state index in [1.165, 1.54) is 12.8 Å². The fourth-order valence-corrected chi connectivity index (χ4v) is 3.34. The maximum Gasteiger partial charge on any atom is 0.498 e. The first-order valence-electron chi connectivity index (χ1n) is 9.48. The van der Waals surface area contributed by atoms with Gasteiger partial charge in [0.05, 0.1) is 17.8 Å². The van der Waals surface area contributed by atoms with Gasteiger partial charge in [0.2, 0.25) is 0 Å². The van der Waals surface area contributed by atoms with Gasteiger partial charge in [-0.3, -0.25) is 4.90 Å². The first-order valence-corrected chi connectivity index (χ1v) is 9.48. The Balaban J connectivity index is 1.57. The van der Waals surface area contributed by atoms with Gasteiger partial charge in [-0.2, -0.15) is 0 Å². The summed E-state index contributed by atoms with van der Waals surface area (Å²) in [7, 11) is -0.465. The van der Waals surface area contributed by atoms with Crippen LogP contribution in [0, 0.1) is 0 Å². The van der Waals surface area contributed by atoms with Gasteiger partial charge >= 0.3 is 13.1 Å². The van der Waals surface area contributed by atoms with Gasteiger partial charge in [-0.15, -0.1) is 0 Å². The highest BCUT2D eigenvalue weighted by atomic mass is 16.7. The third-order valence-electron chi connectivity index (χ3n) is 5.71. The van der Waals surface area contributed by atoms with Crippen molar-refractivity contribution in [3.63, 3.8) is 0 Å². The topological polar surface area (TPSA) is 76.9 Å². The molecule has 3 rings (SSSR count). The van der Waals surface area contributed by atoms with Gasteiger partial charge in [-0.1, -0.05) is 6.42 Å². The smallest absolute Gasteiger partial charge is 0.462 e. The third-order valence-corrected chi connectivity index (χ3v) is 5.71. The van der Waals surface area contributed by atoms with Crippen LogP contribution in [-0.4, -0.2) is 70.6 Å². The molecule has 0 saturated carbocycles. The summed E-state index contributed by atoms with van der Waals surface area (Å²) >= 11 is 0. The van der Waals surface area contributed by atoms with Crippen molar-refractivity contribution in [2.24, 2.45) is 0 Å². The van der Waals surface area contributed by atoms with Crippen LogP contribution in [0.2, 0.25) is 0 Å². The van der Waals surface area contributed by atoms with E-state index in [1.807, 2.05) is 27.7 Å². The van der Waals surface area contributed by atoms with Crippen LogP contribution in [0.15, 0.2) is 12.4 Å². The second-order valence-corrected chi connectivity index (χ2v) is 8.11. The number of β-amino-alcohol motifs (C(OH)–C–C–N with tert-alkyl or cyclic N) is 1. The van der Waals surface area contributed by atoms with Crippen molar-refractivity contribution in [2.45, 2.75) is 64.2 Å². The predicted octanol–water partition coefficient (Wildman–Crippen LogP) is 1.00. The number of hydrogen-bond acceptors (Lipinski definition) is 7. The summed E-state index contributed by atoms with van der Waals surface area (Å²) in [6, 6.07) is 0.669. The van der Waals surface area contributed by atoms with Crippen LogP contribution in [0.25, 0.3) is 0 Å². The molecule has 1 unspecified atom stereocenters. The molecule has 0 amide bonds. The number of likely N-dealkylation sites (tertiary alicyclic amines) is 1. The zero-order valence-corrected chi connectivity index (χ0v) is 16.3. The van der Waals surface area contributed by atoms with Crippen LogP contribution in [0.5, 0.6) is 6.01 Å². The van der Waals surface area contributed by atoms with Gasteiger partial charge in [-0.05, 0) is 47.1 Å². The third kappa shape index (κ3) is 4.19. The normalized spacial score (nSPS) is 25.4. The van der Waals surface area contributed by atoms with E-state index >= 15 is 0 Å². The lowest BCUT2D eigenvalue weighted by Gasteiger charge is -2.34. The first kappa shape index (κ1) is 19.5. The summed E-state index contributed by atoms with van der Waals surface area (Å²) in [5.74, 6) is 0. The molecule has 2 aliphatic heterocycles. The number of piperidine rings is 1. The van der Waals surface area contributed by atoms with Crippen molar-refractivity contribution in [1.29, 1.82) is 0 Å². The molecule has 7 nitrogen and oxygen atoms in total. The summed E-state index contributed by atoms with van der Waals surface area (Å²) in [5.41, 5.74) is 0.0177. The van der Waals surface area contributed by atoms with Crippen LogP contribution >= 0.6 is 0 Å². The molecule has 1 aromatic rings.